The molecule has 21 heavy (non-hydrogen) atoms. The summed E-state index contributed by atoms with van der Waals surface area (Å²) in [4.78, 5) is 5.03. The number of hydrogen-bond acceptors (Lipinski definition) is 1. The number of aromatic amines is 1. The van der Waals surface area contributed by atoms with Crippen LogP contribution >= 0.6 is 0 Å². The lowest BCUT2D eigenvalue weighted by atomic mass is 10.0. The zero-order chi connectivity index (χ0) is 15.0. The number of H-pyrrole nitrogens is 1. The van der Waals surface area contributed by atoms with Crippen molar-refractivity contribution in [2.45, 2.75) is 25.3 Å². The van der Waals surface area contributed by atoms with E-state index >= 15 is 0 Å². The predicted molar refractivity (Wildman–Crippen MR) is 76.7 cm³/mol. The first kappa shape index (κ1) is 14.2. The average Bonchev–Trinajstić information content (AvgIpc) is 3.06. The Hall–Kier alpha value is -1.75. The van der Waals surface area contributed by atoms with E-state index in [1.807, 2.05) is 6.08 Å². The molecule has 5 heteroatoms. The van der Waals surface area contributed by atoms with Crippen molar-refractivity contribution in [1.29, 1.82) is 0 Å². The quantitative estimate of drug-likeness (QED) is 0.671. The fraction of sp³-hybridized carbons (Fsp3) is 0.375. The van der Waals surface area contributed by atoms with E-state index in [0.29, 0.717) is 17.8 Å². The second kappa shape index (κ2) is 5.56. The van der Waals surface area contributed by atoms with Gasteiger partial charge in [0.2, 0.25) is 0 Å². The van der Waals surface area contributed by atoms with Gasteiger partial charge in [-0.05, 0) is 37.4 Å². The number of nitrogens with one attached hydrogen (secondary N) is 1. The van der Waals surface area contributed by atoms with Gasteiger partial charge in [0.1, 0.15) is 0 Å². The molecule has 1 atom stereocenters. The minimum atomic E-state index is -1.43. The maximum atomic E-state index is 13.7. The number of likely N-dealkylation sites (tertiary alicyclic amines) is 1. The topological polar surface area (TPSA) is 19.0 Å². The van der Waals surface area contributed by atoms with Crippen LogP contribution in [0.1, 0.15) is 18.4 Å². The van der Waals surface area contributed by atoms with E-state index in [0.717, 1.165) is 37.6 Å². The summed E-state index contributed by atoms with van der Waals surface area (Å²) in [6.45, 7) is 5.57. The molecule has 2 heterocycles. The van der Waals surface area contributed by atoms with Crippen molar-refractivity contribution >= 4 is 10.9 Å². The second-order valence-corrected chi connectivity index (χ2v) is 5.51. The van der Waals surface area contributed by atoms with E-state index in [9.17, 15) is 13.2 Å². The first-order valence-corrected chi connectivity index (χ1v) is 7.10. The Balaban J connectivity index is 1.93. The smallest absolute Gasteiger partial charge is 0.196 e. The van der Waals surface area contributed by atoms with Gasteiger partial charge >= 0.3 is 0 Å². The molecule has 1 aromatic carbocycles. The molecule has 112 valence electrons. The van der Waals surface area contributed by atoms with Crippen LogP contribution in [0.25, 0.3) is 10.9 Å². The van der Waals surface area contributed by atoms with Crippen molar-refractivity contribution < 1.29 is 13.2 Å². The van der Waals surface area contributed by atoms with E-state index < -0.39 is 17.5 Å². The van der Waals surface area contributed by atoms with E-state index in [1.165, 1.54) is 0 Å². The van der Waals surface area contributed by atoms with Crippen LogP contribution in [0.4, 0.5) is 13.2 Å². The summed E-state index contributed by atoms with van der Waals surface area (Å²) < 4.78 is 40.4. The summed E-state index contributed by atoms with van der Waals surface area (Å²) in [5, 5.41) is 0.428. The largest absolute Gasteiger partial charge is 0.358 e. The predicted octanol–water partition coefficient (Wildman–Crippen LogP) is 3.78. The molecular weight excluding hydrogens is 277 g/mol. The fourth-order valence-corrected chi connectivity index (χ4v) is 3.18. The molecule has 1 saturated heterocycles. The Labute approximate surface area is 121 Å². The van der Waals surface area contributed by atoms with Crippen molar-refractivity contribution in [3.05, 3.63) is 47.9 Å². The molecule has 1 fully saturated rings. The lowest BCUT2D eigenvalue weighted by molar-refractivity contribution is 0.280. The standard InChI is InChI=1S/C16H17F3N2/c1-2-5-21-6-3-4-11(21)7-10-9-20-16-12(10)8-13(17)14(18)15(16)19/h2,8-9,11,20H,1,3-7H2. The van der Waals surface area contributed by atoms with Crippen LogP contribution in [0.5, 0.6) is 0 Å². The normalized spacial score (nSPS) is 19.5. The van der Waals surface area contributed by atoms with Crippen LogP contribution < -0.4 is 0 Å². The molecule has 0 saturated carbocycles. The monoisotopic (exact) mass is 294 g/mol. The average molecular weight is 294 g/mol. The number of halogens is 3. The van der Waals surface area contributed by atoms with Crippen LogP contribution in [-0.4, -0.2) is 29.0 Å². The van der Waals surface area contributed by atoms with Crippen LogP contribution in [0.2, 0.25) is 0 Å². The van der Waals surface area contributed by atoms with Gasteiger partial charge in [-0.15, -0.1) is 6.58 Å². The lowest BCUT2D eigenvalue weighted by Gasteiger charge is -2.22. The third-order valence-electron chi connectivity index (χ3n) is 4.22. The van der Waals surface area contributed by atoms with Crippen molar-refractivity contribution in [3.8, 4) is 0 Å². The molecule has 3 rings (SSSR count). The van der Waals surface area contributed by atoms with E-state index in [1.54, 1.807) is 6.20 Å². The molecule has 0 spiro atoms. The molecule has 1 unspecified atom stereocenters. The van der Waals surface area contributed by atoms with Crippen molar-refractivity contribution in [2.75, 3.05) is 13.1 Å². The van der Waals surface area contributed by atoms with E-state index in [-0.39, 0.29) is 5.52 Å². The zero-order valence-corrected chi connectivity index (χ0v) is 11.6. The summed E-state index contributed by atoms with van der Waals surface area (Å²) in [5.74, 6) is -3.72. The third-order valence-corrected chi connectivity index (χ3v) is 4.22. The molecular formula is C16H17F3N2. The Kier molecular flexibility index (Phi) is 3.76. The second-order valence-electron chi connectivity index (χ2n) is 5.51. The Bertz CT molecular complexity index is 678. The van der Waals surface area contributed by atoms with Crippen molar-refractivity contribution in [3.63, 3.8) is 0 Å². The van der Waals surface area contributed by atoms with Crippen molar-refractivity contribution in [2.24, 2.45) is 0 Å². The number of aromatic nitrogens is 1. The van der Waals surface area contributed by atoms with Crippen LogP contribution in [-0.2, 0) is 6.42 Å². The minimum Gasteiger partial charge on any atom is -0.358 e. The third kappa shape index (κ3) is 2.46. The summed E-state index contributed by atoms with van der Waals surface area (Å²) in [6.07, 6.45) is 6.36. The van der Waals surface area contributed by atoms with Gasteiger partial charge in [0.15, 0.2) is 17.5 Å². The van der Waals surface area contributed by atoms with Gasteiger partial charge in [-0.3, -0.25) is 4.90 Å². The van der Waals surface area contributed by atoms with Gasteiger partial charge in [0.25, 0.3) is 0 Å². The summed E-state index contributed by atoms with van der Waals surface area (Å²) in [5.41, 5.74) is 0.862. The van der Waals surface area contributed by atoms with Gasteiger partial charge in [-0.2, -0.15) is 0 Å². The maximum Gasteiger partial charge on any atom is 0.196 e. The Morgan fingerprint density at radius 2 is 2.14 bits per heavy atom. The number of rotatable bonds is 4. The SMILES string of the molecule is C=CCN1CCCC1Cc1c[nH]c2c(F)c(F)c(F)cc12. The number of nitrogens with zero attached hydrogens (tertiary/aromatic N) is 1. The summed E-state index contributed by atoms with van der Waals surface area (Å²) >= 11 is 0. The molecule has 1 aromatic heterocycles. The van der Waals surface area contributed by atoms with Crippen molar-refractivity contribution in [1.82, 2.24) is 9.88 Å². The maximum absolute atomic E-state index is 13.7. The highest BCUT2D eigenvalue weighted by Crippen LogP contribution is 2.28. The van der Waals surface area contributed by atoms with Gasteiger partial charge in [0, 0.05) is 24.2 Å². The van der Waals surface area contributed by atoms with Crippen LogP contribution in [0, 0.1) is 17.5 Å². The first-order chi connectivity index (χ1) is 10.1. The highest BCUT2D eigenvalue weighted by atomic mass is 19.2. The van der Waals surface area contributed by atoms with Crippen LogP contribution in [0.3, 0.4) is 0 Å². The van der Waals surface area contributed by atoms with E-state index in [4.69, 9.17) is 0 Å². The molecule has 2 aromatic rings. The first-order valence-electron chi connectivity index (χ1n) is 7.10. The molecule has 0 aliphatic carbocycles. The van der Waals surface area contributed by atoms with Crippen LogP contribution in [0.15, 0.2) is 24.9 Å². The molecule has 1 aliphatic heterocycles. The molecule has 0 bridgehead atoms. The molecule has 1 N–H and O–H groups in total. The van der Waals surface area contributed by atoms with Gasteiger partial charge in [-0.25, -0.2) is 13.2 Å². The summed E-state index contributed by atoms with van der Waals surface area (Å²) in [7, 11) is 0. The molecule has 0 radical (unpaired) electrons. The fourth-order valence-electron chi connectivity index (χ4n) is 3.18. The molecule has 1 aliphatic rings. The highest BCUT2D eigenvalue weighted by Gasteiger charge is 2.25. The molecule has 0 amide bonds. The number of benzene rings is 1. The van der Waals surface area contributed by atoms with Gasteiger partial charge < -0.3 is 4.98 Å². The Morgan fingerprint density at radius 1 is 1.33 bits per heavy atom. The lowest BCUT2D eigenvalue weighted by Crippen LogP contribution is -2.31. The number of hydrogen-bond donors (Lipinski definition) is 1. The molecule has 2 nitrogen and oxygen atoms in total. The van der Waals surface area contributed by atoms with E-state index in [2.05, 4.69) is 16.5 Å². The number of fused-ring (bicyclic) bond motifs is 1. The van der Waals surface area contributed by atoms with Gasteiger partial charge in [-0.1, -0.05) is 6.08 Å². The Morgan fingerprint density at radius 3 is 2.90 bits per heavy atom. The zero-order valence-electron chi connectivity index (χ0n) is 11.6. The minimum absolute atomic E-state index is 0.0390. The van der Waals surface area contributed by atoms with Gasteiger partial charge in [0.05, 0.1) is 5.52 Å². The summed E-state index contributed by atoms with van der Waals surface area (Å²) in [6, 6.07) is 1.41. The highest BCUT2D eigenvalue weighted by molar-refractivity contribution is 5.84.